The number of aryl methyl sites for hydroxylation is 2. The summed E-state index contributed by atoms with van der Waals surface area (Å²) in [5, 5.41) is 4.10. The Labute approximate surface area is 210 Å². The number of amidine groups is 1. The minimum Gasteiger partial charge on any atom is -0.479 e. The molecule has 0 spiro atoms. The van der Waals surface area contributed by atoms with Crippen LogP contribution >= 0.6 is 0 Å². The smallest absolute Gasteiger partial charge is 0.238 e. The highest BCUT2D eigenvalue weighted by Crippen LogP contribution is 2.38. The van der Waals surface area contributed by atoms with Crippen molar-refractivity contribution in [2.75, 3.05) is 7.11 Å². The normalized spacial score (nSPS) is 14.3. The highest BCUT2D eigenvalue weighted by atomic mass is 16.6. The number of ketones is 1. The van der Waals surface area contributed by atoms with Crippen LogP contribution in [0, 0.1) is 12.8 Å². The molecular formula is C26H31N7O3. The molecule has 1 saturated carbocycles. The van der Waals surface area contributed by atoms with E-state index in [4.69, 9.17) is 15.3 Å². The third-order valence-corrected chi connectivity index (χ3v) is 5.90. The molecule has 1 fully saturated rings. The molecule has 10 heteroatoms. The van der Waals surface area contributed by atoms with Crippen molar-refractivity contribution in [3.05, 3.63) is 58.9 Å². The van der Waals surface area contributed by atoms with Crippen LogP contribution in [0.5, 0.6) is 5.88 Å². The summed E-state index contributed by atoms with van der Waals surface area (Å²) in [6.45, 7) is 9.49. The van der Waals surface area contributed by atoms with E-state index in [1.807, 2.05) is 50.7 Å². The maximum atomic E-state index is 13.6. The molecule has 0 aromatic carbocycles. The zero-order chi connectivity index (χ0) is 26.0. The van der Waals surface area contributed by atoms with E-state index in [9.17, 15) is 4.79 Å². The molecule has 1 aliphatic rings. The molecular weight excluding hydrogens is 458 g/mol. The standard InChI is InChI=1S/C26H31N7O3/c1-15(2)11-18-19(13-32(5)25(18)28-4)22(34)23(17-7-8-17)36-31-24(27)20-9-10-21(26(30-20)35-6)33-12-16(3)29-14-33/h9-14,17,23H,4,7-8H2,1-3,5-6H3,(H2,27,31). The molecule has 0 amide bonds. The molecule has 188 valence electrons. The van der Waals surface area contributed by atoms with E-state index in [-0.39, 0.29) is 17.5 Å². The largest absolute Gasteiger partial charge is 0.479 e. The summed E-state index contributed by atoms with van der Waals surface area (Å²) >= 11 is 0. The van der Waals surface area contributed by atoms with Gasteiger partial charge in [-0.2, -0.15) is 0 Å². The number of pyridine rings is 1. The van der Waals surface area contributed by atoms with Crippen molar-refractivity contribution in [2.24, 2.45) is 28.8 Å². The summed E-state index contributed by atoms with van der Waals surface area (Å²) in [5.41, 5.74) is 10.4. The molecule has 0 aliphatic heterocycles. The zero-order valence-corrected chi connectivity index (χ0v) is 21.2. The lowest BCUT2D eigenvalue weighted by molar-refractivity contribution is 0.0352. The van der Waals surface area contributed by atoms with Crippen LogP contribution in [-0.4, -0.2) is 50.7 Å². The molecule has 0 radical (unpaired) electrons. The first kappa shape index (κ1) is 24.9. The fraction of sp³-hybridized carbons (Fsp3) is 0.346. The number of ether oxygens (including phenoxy) is 1. The van der Waals surface area contributed by atoms with Gasteiger partial charge in [0.25, 0.3) is 0 Å². The maximum absolute atomic E-state index is 13.6. The van der Waals surface area contributed by atoms with Gasteiger partial charge in [0.05, 0.1) is 19.1 Å². The third-order valence-electron chi connectivity index (χ3n) is 5.90. The predicted molar refractivity (Wildman–Crippen MR) is 139 cm³/mol. The van der Waals surface area contributed by atoms with Crippen molar-refractivity contribution < 1.29 is 14.4 Å². The fourth-order valence-electron chi connectivity index (χ4n) is 3.99. The first-order chi connectivity index (χ1) is 17.2. The Morgan fingerprint density at radius 1 is 1.31 bits per heavy atom. The number of carbonyl (C=O) groups is 1. The number of hydrogen-bond donors (Lipinski definition) is 1. The molecule has 1 atom stereocenters. The van der Waals surface area contributed by atoms with Gasteiger partial charge in [-0.3, -0.25) is 4.79 Å². The van der Waals surface area contributed by atoms with E-state index in [0.29, 0.717) is 28.6 Å². The number of allylic oxidation sites excluding steroid dienone is 1. The zero-order valence-electron chi connectivity index (χ0n) is 21.2. The van der Waals surface area contributed by atoms with E-state index in [2.05, 4.69) is 26.8 Å². The van der Waals surface area contributed by atoms with Crippen LogP contribution in [0.4, 0.5) is 5.82 Å². The van der Waals surface area contributed by atoms with Crippen molar-refractivity contribution in [2.45, 2.75) is 39.7 Å². The molecule has 0 saturated heterocycles. The first-order valence-electron chi connectivity index (χ1n) is 11.6. The number of nitrogens with two attached hydrogens (primary N) is 1. The number of rotatable bonds is 10. The van der Waals surface area contributed by atoms with Crippen LogP contribution in [0.2, 0.25) is 0 Å². The third kappa shape index (κ3) is 5.07. The number of methoxy groups -OCH3 is 1. The van der Waals surface area contributed by atoms with Crippen LogP contribution in [-0.2, 0) is 11.9 Å². The number of nitrogens with zero attached hydrogens (tertiary/aromatic N) is 6. The molecule has 1 unspecified atom stereocenters. The summed E-state index contributed by atoms with van der Waals surface area (Å²) in [7, 11) is 3.36. The van der Waals surface area contributed by atoms with Gasteiger partial charge in [0.2, 0.25) is 11.7 Å². The second-order valence-corrected chi connectivity index (χ2v) is 9.12. The van der Waals surface area contributed by atoms with E-state index in [1.54, 1.807) is 23.2 Å². The van der Waals surface area contributed by atoms with Crippen molar-refractivity contribution in [3.63, 3.8) is 0 Å². The van der Waals surface area contributed by atoms with Crippen molar-refractivity contribution in [1.29, 1.82) is 0 Å². The second kappa shape index (κ2) is 10.2. The van der Waals surface area contributed by atoms with Gasteiger partial charge >= 0.3 is 0 Å². The average Bonchev–Trinajstić information content (AvgIpc) is 3.52. The number of hydrogen-bond acceptors (Lipinski definition) is 7. The van der Waals surface area contributed by atoms with Gasteiger partial charge in [0.15, 0.2) is 11.9 Å². The summed E-state index contributed by atoms with van der Waals surface area (Å²) in [6.07, 6.45) is 8.24. The Balaban J connectivity index is 1.60. The highest BCUT2D eigenvalue weighted by molar-refractivity contribution is 6.04. The monoisotopic (exact) mass is 489 g/mol. The molecule has 3 aromatic rings. The Morgan fingerprint density at radius 3 is 2.64 bits per heavy atom. The first-order valence-corrected chi connectivity index (χ1v) is 11.6. The summed E-state index contributed by atoms with van der Waals surface area (Å²) < 4.78 is 9.05. The number of Topliss-reactive ketones (excluding diaryl/α,β-unsaturated/α-hetero) is 1. The summed E-state index contributed by atoms with van der Waals surface area (Å²) in [5.74, 6) is 0.942. The van der Waals surface area contributed by atoms with Gasteiger partial charge in [-0.1, -0.05) is 16.8 Å². The molecule has 36 heavy (non-hydrogen) atoms. The molecule has 2 N–H and O–H groups in total. The Morgan fingerprint density at radius 2 is 2.06 bits per heavy atom. The lowest BCUT2D eigenvalue weighted by Crippen LogP contribution is -2.27. The minimum atomic E-state index is -0.761. The minimum absolute atomic E-state index is 0.0474. The van der Waals surface area contributed by atoms with E-state index < -0.39 is 6.10 Å². The number of aliphatic imine (C=N–C) groups is 1. The molecule has 0 bridgehead atoms. The Kier molecular flexibility index (Phi) is 7.05. The molecule has 1 aliphatic carbocycles. The highest BCUT2D eigenvalue weighted by Gasteiger charge is 2.40. The van der Waals surface area contributed by atoms with Crippen LogP contribution in [0.3, 0.4) is 0 Å². The molecule has 3 heterocycles. The average molecular weight is 490 g/mol. The lowest BCUT2D eigenvalue weighted by Gasteiger charge is -2.14. The lowest BCUT2D eigenvalue weighted by atomic mass is 10.0. The van der Waals surface area contributed by atoms with Crippen LogP contribution in [0.15, 0.2) is 46.6 Å². The topological polar surface area (TPSA) is 122 Å². The van der Waals surface area contributed by atoms with Crippen molar-refractivity contribution >= 4 is 30.2 Å². The summed E-state index contributed by atoms with van der Waals surface area (Å²) in [4.78, 5) is 32.2. The van der Waals surface area contributed by atoms with Gasteiger partial charge in [-0.25, -0.2) is 15.0 Å². The quantitative estimate of drug-likeness (QED) is 0.199. The number of aromatic nitrogens is 4. The maximum Gasteiger partial charge on any atom is 0.238 e. The van der Waals surface area contributed by atoms with Gasteiger partial charge in [0, 0.05) is 36.5 Å². The molecule has 3 aromatic heterocycles. The van der Waals surface area contributed by atoms with E-state index in [1.165, 1.54) is 7.11 Å². The van der Waals surface area contributed by atoms with Crippen molar-refractivity contribution in [1.82, 2.24) is 19.1 Å². The Hall–Kier alpha value is -4.21. The predicted octanol–water partition coefficient (Wildman–Crippen LogP) is 3.98. The SMILES string of the molecule is C=Nc1c(C=C(C)C)c(C(=O)C(O/N=C(\N)c2ccc(-n3cnc(C)c3)c(OC)n2)C2CC2)cn1C. The van der Waals surface area contributed by atoms with Gasteiger partial charge in [-0.15, -0.1) is 0 Å². The molecule has 4 rings (SSSR count). The molecule has 10 nitrogen and oxygen atoms in total. The number of imidazole rings is 1. The second-order valence-electron chi connectivity index (χ2n) is 9.12. The van der Waals surface area contributed by atoms with Crippen LogP contribution in [0.1, 0.15) is 54.0 Å². The van der Waals surface area contributed by atoms with E-state index in [0.717, 1.165) is 29.7 Å². The van der Waals surface area contributed by atoms with Gasteiger partial charge in [0.1, 0.15) is 17.2 Å². The number of oxime groups is 1. The van der Waals surface area contributed by atoms with Gasteiger partial charge in [-0.05, 0) is 52.5 Å². The van der Waals surface area contributed by atoms with E-state index >= 15 is 0 Å². The summed E-state index contributed by atoms with van der Waals surface area (Å²) in [6, 6.07) is 3.53. The van der Waals surface area contributed by atoms with Crippen molar-refractivity contribution in [3.8, 4) is 11.6 Å². The Bertz CT molecular complexity index is 1360. The number of carbonyl (C=O) groups excluding carboxylic acids is 1. The van der Waals surface area contributed by atoms with Gasteiger partial charge < -0.3 is 24.4 Å². The van der Waals surface area contributed by atoms with Crippen LogP contribution < -0.4 is 10.5 Å². The fourth-order valence-corrected chi connectivity index (χ4v) is 3.99. The van der Waals surface area contributed by atoms with Crippen LogP contribution in [0.25, 0.3) is 11.8 Å².